The van der Waals surface area contributed by atoms with Gasteiger partial charge in [0.25, 0.3) is 0 Å². The van der Waals surface area contributed by atoms with Crippen molar-refractivity contribution in [1.29, 1.82) is 0 Å². The highest BCUT2D eigenvalue weighted by atomic mass is 16.3. The topological polar surface area (TPSA) is 40.5 Å². The Labute approximate surface area is 137 Å². The number of piperidine rings is 1. The average molecular weight is 309 g/mol. The van der Waals surface area contributed by atoms with Gasteiger partial charge in [0.15, 0.2) is 0 Å². The van der Waals surface area contributed by atoms with Crippen LogP contribution in [0.1, 0.15) is 24.0 Å². The molecule has 1 N–H and O–H groups in total. The van der Waals surface area contributed by atoms with Gasteiger partial charge in [0.2, 0.25) is 5.91 Å². The zero-order valence-corrected chi connectivity index (χ0v) is 13.3. The van der Waals surface area contributed by atoms with Gasteiger partial charge in [-0.1, -0.05) is 42.5 Å². The fourth-order valence-electron chi connectivity index (χ4n) is 3.23. The number of nitrogens with zero attached hydrogens (tertiary/aromatic N) is 1. The Morgan fingerprint density at radius 2 is 1.61 bits per heavy atom. The van der Waals surface area contributed by atoms with Crippen LogP contribution in [0.25, 0.3) is 0 Å². The standard InChI is InChI=1S/C20H23NO2/c22-19-8-6-17(7-9-19)15-20(23)21-12-10-18(11-13-21)14-16-4-2-1-3-5-16/h1-9,18,22H,10-15H2. The van der Waals surface area contributed by atoms with Gasteiger partial charge >= 0.3 is 0 Å². The van der Waals surface area contributed by atoms with Crippen LogP contribution < -0.4 is 0 Å². The summed E-state index contributed by atoms with van der Waals surface area (Å²) >= 11 is 0. The van der Waals surface area contributed by atoms with E-state index in [2.05, 4.69) is 24.3 Å². The lowest BCUT2D eigenvalue weighted by molar-refractivity contribution is -0.131. The van der Waals surface area contributed by atoms with Gasteiger partial charge in [0.05, 0.1) is 6.42 Å². The van der Waals surface area contributed by atoms with Crippen molar-refractivity contribution < 1.29 is 9.90 Å². The smallest absolute Gasteiger partial charge is 0.226 e. The molecule has 0 saturated carbocycles. The van der Waals surface area contributed by atoms with Crippen molar-refractivity contribution in [2.24, 2.45) is 5.92 Å². The summed E-state index contributed by atoms with van der Waals surface area (Å²) in [5.74, 6) is 1.10. The summed E-state index contributed by atoms with van der Waals surface area (Å²) in [4.78, 5) is 14.4. The Hall–Kier alpha value is -2.29. The second kappa shape index (κ2) is 7.32. The first-order chi connectivity index (χ1) is 11.2. The van der Waals surface area contributed by atoms with Gasteiger partial charge in [-0.05, 0) is 48.4 Å². The second-order valence-corrected chi connectivity index (χ2v) is 6.36. The summed E-state index contributed by atoms with van der Waals surface area (Å²) < 4.78 is 0. The van der Waals surface area contributed by atoms with E-state index in [0.29, 0.717) is 12.3 Å². The molecule has 0 aliphatic carbocycles. The van der Waals surface area contributed by atoms with Crippen LogP contribution >= 0.6 is 0 Å². The van der Waals surface area contributed by atoms with E-state index in [-0.39, 0.29) is 11.7 Å². The molecule has 1 saturated heterocycles. The Bertz CT molecular complexity index is 628. The summed E-state index contributed by atoms with van der Waals surface area (Å²) in [5, 5.41) is 9.29. The van der Waals surface area contributed by atoms with Crippen LogP contribution in [0.4, 0.5) is 0 Å². The number of hydrogen-bond donors (Lipinski definition) is 1. The molecule has 3 rings (SSSR count). The first kappa shape index (κ1) is 15.6. The fraction of sp³-hybridized carbons (Fsp3) is 0.350. The molecular weight excluding hydrogens is 286 g/mol. The second-order valence-electron chi connectivity index (χ2n) is 6.36. The maximum Gasteiger partial charge on any atom is 0.226 e. The highest BCUT2D eigenvalue weighted by Crippen LogP contribution is 2.22. The largest absolute Gasteiger partial charge is 0.508 e. The normalized spacial score (nSPS) is 15.6. The molecule has 2 aromatic carbocycles. The molecule has 1 heterocycles. The zero-order valence-electron chi connectivity index (χ0n) is 13.3. The fourth-order valence-corrected chi connectivity index (χ4v) is 3.23. The summed E-state index contributed by atoms with van der Waals surface area (Å²) in [6, 6.07) is 17.5. The van der Waals surface area contributed by atoms with Crippen LogP contribution in [0.3, 0.4) is 0 Å². The molecular formula is C20H23NO2. The minimum absolute atomic E-state index is 0.189. The number of phenolic OH excluding ortho intramolecular Hbond substituents is 1. The summed E-state index contributed by atoms with van der Waals surface area (Å²) in [7, 11) is 0. The zero-order chi connectivity index (χ0) is 16.1. The predicted molar refractivity (Wildman–Crippen MR) is 91.3 cm³/mol. The van der Waals surface area contributed by atoms with E-state index in [1.807, 2.05) is 23.1 Å². The molecule has 3 heteroatoms. The van der Waals surface area contributed by atoms with Gasteiger partial charge in [-0.15, -0.1) is 0 Å². The predicted octanol–water partition coefficient (Wildman–Crippen LogP) is 3.42. The molecule has 2 aromatic rings. The monoisotopic (exact) mass is 309 g/mol. The Morgan fingerprint density at radius 1 is 0.957 bits per heavy atom. The average Bonchev–Trinajstić information content (AvgIpc) is 2.58. The van der Waals surface area contributed by atoms with E-state index in [9.17, 15) is 9.90 Å². The van der Waals surface area contributed by atoms with Crippen molar-refractivity contribution in [3.8, 4) is 5.75 Å². The highest BCUT2D eigenvalue weighted by molar-refractivity contribution is 5.78. The molecule has 0 radical (unpaired) electrons. The molecule has 1 aliphatic heterocycles. The minimum Gasteiger partial charge on any atom is -0.508 e. The van der Waals surface area contributed by atoms with Crippen molar-refractivity contribution in [3.05, 3.63) is 65.7 Å². The molecule has 120 valence electrons. The summed E-state index contributed by atoms with van der Waals surface area (Å²) in [6.07, 6.45) is 3.69. The SMILES string of the molecule is O=C(Cc1ccc(O)cc1)N1CCC(Cc2ccccc2)CC1. The van der Waals surface area contributed by atoms with E-state index in [0.717, 1.165) is 37.9 Å². The highest BCUT2D eigenvalue weighted by Gasteiger charge is 2.22. The van der Waals surface area contributed by atoms with Crippen LogP contribution in [-0.4, -0.2) is 29.0 Å². The molecule has 0 atom stereocenters. The van der Waals surface area contributed by atoms with Gasteiger partial charge in [-0.2, -0.15) is 0 Å². The van der Waals surface area contributed by atoms with Crippen molar-refractivity contribution in [3.63, 3.8) is 0 Å². The van der Waals surface area contributed by atoms with Gasteiger partial charge in [0.1, 0.15) is 5.75 Å². The van der Waals surface area contributed by atoms with E-state index in [1.54, 1.807) is 12.1 Å². The van der Waals surface area contributed by atoms with Crippen molar-refractivity contribution in [1.82, 2.24) is 4.90 Å². The maximum atomic E-state index is 12.4. The quantitative estimate of drug-likeness (QED) is 0.940. The van der Waals surface area contributed by atoms with Crippen molar-refractivity contribution in [2.45, 2.75) is 25.7 Å². The van der Waals surface area contributed by atoms with E-state index in [4.69, 9.17) is 0 Å². The third-order valence-electron chi connectivity index (χ3n) is 4.63. The number of rotatable bonds is 4. The molecule has 0 spiro atoms. The van der Waals surface area contributed by atoms with Crippen molar-refractivity contribution >= 4 is 5.91 Å². The van der Waals surface area contributed by atoms with Gasteiger partial charge in [-0.25, -0.2) is 0 Å². The lowest BCUT2D eigenvalue weighted by Gasteiger charge is -2.32. The van der Waals surface area contributed by atoms with Crippen LogP contribution in [0, 0.1) is 5.92 Å². The Balaban J connectivity index is 1.48. The summed E-state index contributed by atoms with van der Waals surface area (Å²) in [6.45, 7) is 1.71. The van der Waals surface area contributed by atoms with Gasteiger partial charge in [-0.3, -0.25) is 4.79 Å². The molecule has 0 unspecified atom stereocenters. The molecule has 3 nitrogen and oxygen atoms in total. The van der Waals surface area contributed by atoms with Crippen LogP contribution in [0.2, 0.25) is 0 Å². The number of benzene rings is 2. The molecule has 23 heavy (non-hydrogen) atoms. The maximum absolute atomic E-state index is 12.4. The molecule has 0 bridgehead atoms. The lowest BCUT2D eigenvalue weighted by Crippen LogP contribution is -2.39. The number of phenols is 1. The van der Waals surface area contributed by atoms with Gasteiger partial charge < -0.3 is 10.0 Å². The minimum atomic E-state index is 0.189. The molecule has 1 amide bonds. The first-order valence-corrected chi connectivity index (χ1v) is 8.30. The number of hydrogen-bond acceptors (Lipinski definition) is 2. The number of carbonyl (C=O) groups is 1. The van der Waals surface area contributed by atoms with E-state index in [1.165, 1.54) is 5.56 Å². The Morgan fingerprint density at radius 3 is 2.26 bits per heavy atom. The Kier molecular flexibility index (Phi) is 4.96. The number of aromatic hydroxyl groups is 1. The van der Waals surface area contributed by atoms with E-state index < -0.39 is 0 Å². The molecule has 1 fully saturated rings. The number of amides is 1. The first-order valence-electron chi connectivity index (χ1n) is 8.30. The lowest BCUT2D eigenvalue weighted by atomic mass is 9.90. The van der Waals surface area contributed by atoms with Gasteiger partial charge in [0, 0.05) is 13.1 Å². The number of carbonyl (C=O) groups excluding carboxylic acids is 1. The van der Waals surface area contributed by atoms with Crippen molar-refractivity contribution in [2.75, 3.05) is 13.1 Å². The summed E-state index contributed by atoms with van der Waals surface area (Å²) in [5.41, 5.74) is 2.35. The van der Waals surface area contributed by atoms with E-state index >= 15 is 0 Å². The third kappa shape index (κ3) is 4.35. The van der Waals surface area contributed by atoms with Crippen LogP contribution in [-0.2, 0) is 17.6 Å². The van der Waals surface area contributed by atoms with Crippen LogP contribution in [0.5, 0.6) is 5.75 Å². The number of likely N-dealkylation sites (tertiary alicyclic amines) is 1. The molecule has 0 aromatic heterocycles. The molecule has 1 aliphatic rings. The van der Waals surface area contributed by atoms with Crippen LogP contribution in [0.15, 0.2) is 54.6 Å². The third-order valence-corrected chi connectivity index (χ3v) is 4.63.